The maximum atomic E-state index is 14.4. The predicted octanol–water partition coefficient (Wildman–Crippen LogP) is 2.59. The molecule has 1 aliphatic carbocycles. The van der Waals surface area contributed by atoms with Gasteiger partial charge in [-0.25, -0.2) is 0 Å². The number of nitrogens with zero attached hydrogens (tertiary/aromatic N) is 1. The summed E-state index contributed by atoms with van der Waals surface area (Å²) in [7, 11) is 0. The average molecular weight is 334 g/mol. The summed E-state index contributed by atoms with van der Waals surface area (Å²) >= 11 is 0. The number of benzene rings is 1. The van der Waals surface area contributed by atoms with Crippen LogP contribution in [0.1, 0.15) is 30.4 Å². The topological polar surface area (TPSA) is 49.4 Å². The van der Waals surface area contributed by atoms with Crippen LogP contribution in [0.5, 0.6) is 0 Å². The van der Waals surface area contributed by atoms with E-state index < -0.39 is 18.4 Å². The van der Waals surface area contributed by atoms with Crippen molar-refractivity contribution in [2.75, 3.05) is 6.54 Å². The van der Waals surface area contributed by atoms with Crippen molar-refractivity contribution >= 4 is 11.8 Å². The molecule has 2 amide bonds. The molecular formula is C18H20F2N2O2. The van der Waals surface area contributed by atoms with Gasteiger partial charge in [-0.15, -0.1) is 0 Å². The molecule has 24 heavy (non-hydrogen) atoms. The lowest BCUT2D eigenvalue weighted by atomic mass is 9.94. The fourth-order valence-electron chi connectivity index (χ4n) is 3.66. The van der Waals surface area contributed by atoms with Crippen molar-refractivity contribution in [2.24, 2.45) is 5.92 Å². The van der Waals surface area contributed by atoms with E-state index in [1.54, 1.807) is 18.2 Å². The minimum atomic E-state index is -3.05. The van der Waals surface area contributed by atoms with Crippen LogP contribution < -0.4 is 5.32 Å². The Bertz CT molecular complexity index is 675. The monoisotopic (exact) mass is 334 g/mol. The van der Waals surface area contributed by atoms with E-state index in [0.717, 1.165) is 12.5 Å². The smallest absolute Gasteiger partial charge is 0.290 e. The van der Waals surface area contributed by atoms with Gasteiger partial charge in [0.15, 0.2) is 0 Å². The minimum absolute atomic E-state index is 0.00279. The number of hydrogen-bond donors (Lipinski definition) is 1. The van der Waals surface area contributed by atoms with Gasteiger partial charge in [-0.05, 0) is 24.5 Å². The summed E-state index contributed by atoms with van der Waals surface area (Å²) in [5, 5.41) is 2.75. The zero-order valence-corrected chi connectivity index (χ0v) is 13.3. The van der Waals surface area contributed by atoms with E-state index >= 15 is 0 Å². The second-order valence-corrected chi connectivity index (χ2v) is 6.41. The summed E-state index contributed by atoms with van der Waals surface area (Å²) < 4.78 is 28.8. The van der Waals surface area contributed by atoms with Crippen molar-refractivity contribution in [1.29, 1.82) is 0 Å². The number of hydrogen-bond acceptors (Lipinski definition) is 2. The van der Waals surface area contributed by atoms with Crippen LogP contribution in [0.2, 0.25) is 0 Å². The maximum absolute atomic E-state index is 14.4. The van der Waals surface area contributed by atoms with Gasteiger partial charge < -0.3 is 10.2 Å². The van der Waals surface area contributed by atoms with Crippen molar-refractivity contribution in [3.63, 3.8) is 0 Å². The number of amides is 2. The first-order valence-corrected chi connectivity index (χ1v) is 8.10. The Hall–Kier alpha value is -2.24. The SMILES string of the molecule is C=CC(=O)N[C@@H]1CCC[C@@H]1C(=O)N1Cc2ccccc2C(F)(F)C1. The van der Waals surface area contributed by atoms with Crippen LogP contribution in [0.4, 0.5) is 8.78 Å². The first kappa shape index (κ1) is 16.6. The van der Waals surface area contributed by atoms with Gasteiger partial charge in [0, 0.05) is 18.2 Å². The fraction of sp³-hybridized carbons (Fsp3) is 0.444. The molecule has 0 saturated heterocycles. The highest BCUT2D eigenvalue weighted by Gasteiger charge is 2.44. The molecule has 2 aliphatic rings. The molecule has 1 aromatic rings. The van der Waals surface area contributed by atoms with Gasteiger partial charge in [0.05, 0.1) is 12.5 Å². The number of rotatable bonds is 3. The van der Waals surface area contributed by atoms with Gasteiger partial charge in [-0.1, -0.05) is 37.3 Å². The molecular weight excluding hydrogens is 314 g/mol. The van der Waals surface area contributed by atoms with E-state index in [9.17, 15) is 18.4 Å². The summed E-state index contributed by atoms with van der Waals surface area (Å²) in [5.41, 5.74) is 0.476. The Morgan fingerprint density at radius 3 is 2.79 bits per heavy atom. The van der Waals surface area contributed by atoms with Crippen LogP contribution in [0.25, 0.3) is 0 Å². The summed E-state index contributed by atoms with van der Waals surface area (Å²) in [6.07, 6.45) is 3.23. The molecule has 1 heterocycles. The summed E-state index contributed by atoms with van der Waals surface area (Å²) in [6, 6.07) is 6.02. The van der Waals surface area contributed by atoms with Gasteiger partial charge in [-0.3, -0.25) is 9.59 Å². The Kier molecular flexibility index (Phi) is 4.39. The predicted molar refractivity (Wildman–Crippen MR) is 85.2 cm³/mol. The van der Waals surface area contributed by atoms with Crippen LogP contribution in [0.3, 0.4) is 0 Å². The molecule has 0 aromatic heterocycles. The lowest BCUT2D eigenvalue weighted by Crippen LogP contribution is -2.49. The standard InChI is InChI=1S/C18H20F2N2O2/c1-2-16(23)21-15-9-5-7-13(15)17(24)22-10-12-6-3-4-8-14(12)18(19,20)11-22/h2-4,6,8,13,15H,1,5,7,9-11H2,(H,21,23)/t13-,15+/m0/s1. The Labute approximate surface area is 139 Å². The van der Waals surface area contributed by atoms with Crippen molar-refractivity contribution in [2.45, 2.75) is 37.8 Å². The highest BCUT2D eigenvalue weighted by molar-refractivity contribution is 5.88. The van der Waals surface area contributed by atoms with Gasteiger partial charge in [0.1, 0.15) is 0 Å². The van der Waals surface area contributed by atoms with Crippen molar-refractivity contribution in [3.05, 3.63) is 48.0 Å². The molecule has 0 spiro atoms. The molecule has 4 nitrogen and oxygen atoms in total. The first-order valence-electron chi connectivity index (χ1n) is 8.10. The van der Waals surface area contributed by atoms with Crippen LogP contribution in [-0.4, -0.2) is 29.3 Å². The first-order chi connectivity index (χ1) is 11.4. The van der Waals surface area contributed by atoms with Crippen LogP contribution >= 0.6 is 0 Å². The largest absolute Gasteiger partial charge is 0.349 e. The number of carbonyl (C=O) groups is 2. The molecule has 0 unspecified atom stereocenters. The molecule has 1 aromatic carbocycles. The number of nitrogens with one attached hydrogen (secondary N) is 1. The number of fused-ring (bicyclic) bond motifs is 1. The Morgan fingerprint density at radius 1 is 1.29 bits per heavy atom. The number of halogens is 2. The lowest BCUT2D eigenvalue weighted by molar-refractivity contribution is -0.145. The van der Waals surface area contributed by atoms with Crippen LogP contribution in [0, 0.1) is 5.92 Å². The molecule has 1 N–H and O–H groups in total. The molecule has 6 heteroatoms. The van der Waals surface area contributed by atoms with Crippen molar-refractivity contribution in [3.8, 4) is 0 Å². The number of carbonyl (C=O) groups excluding carboxylic acids is 2. The van der Waals surface area contributed by atoms with E-state index in [-0.39, 0.29) is 30.0 Å². The number of alkyl halides is 2. The summed E-state index contributed by atoms with van der Waals surface area (Å²) in [5.74, 6) is -4.15. The zero-order chi connectivity index (χ0) is 17.3. The van der Waals surface area contributed by atoms with Crippen LogP contribution in [-0.2, 0) is 22.1 Å². The second kappa shape index (κ2) is 6.34. The van der Waals surface area contributed by atoms with E-state index in [2.05, 4.69) is 11.9 Å². The maximum Gasteiger partial charge on any atom is 0.290 e. The molecule has 1 saturated carbocycles. The quantitative estimate of drug-likeness (QED) is 0.864. The minimum Gasteiger partial charge on any atom is -0.349 e. The summed E-state index contributed by atoms with van der Waals surface area (Å²) in [6.45, 7) is 2.97. The third-order valence-corrected chi connectivity index (χ3v) is 4.82. The highest BCUT2D eigenvalue weighted by Crippen LogP contribution is 2.38. The van der Waals surface area contributed by atoms with Crippen LogP contribution in [0.15, 0.2) is 36.9 Å². The van der Waals surface area contributed by atoms with Gasteiger partial charge in [0.2, 0.25) is 11.8 Å². The fourth-order valence-corrected chi connectivity index (χ4v) is 3.66. The molecule has 0 radical (unpaired) electrons. The van der Waals surface area contributed by atoms with E-state index in [0.29, 0.717) is 18.4 Å². The molecule has 3 rings (SSSR count). The molecule has 2 atom stereocenters. The zero-order valence-electron chi connectivity index (χ0n) is 13.3. The second-order valence-electron chi connectivity index (χ2n) is 6.41. The Balaban J connectivity index is 1.78. The van der Waals surface area contributed by atoms with E-state index in [1.807, 2.05) is 0 Å². The van der Waals surface area contributed by atoms with Gasteiger partial charge in [0.25, 0.3) is 5.92 Å². The molecule has 0 bridgehead atoms. The van der Waals surface area contributed by atoms with Gasteiger partial charge in [-0.2, -0.15) is 8.78 Å². The Morgan fingerprint density at radius 2 is 2.04 bits per heavy atom. The summed E-state index contributed by atoms with van der Waals surface area (Å²) in [4.78, 5) is 25.5. The lowest BCUT2D eigenvalue weighted by Gasteiger charge is -2.36. The van der Waals surface area contributed by atoms with Crippen molar-refractivity contribution < 1.29 is 18.4 Å². The van der Waals surface area contributed by atoms with E-state index in [1.165, 1.54) is 11.0 Å². The molecule has 1 fully saturated rings. The van der Waals surface area contributed by atoms with Gasteiger partial charge >= 0.3 is 0 Å². The third-order valence-electron chi connectivity index (χ3n) is 4.82. The molecule has 128 valence electrons. The highest BCUT2D eigenvalue weighted by atomic mass is 19.3. The third kappa shape index (κ3) is 3.05. The molecule has 1 aliphatic heterocycles. The van der Waals surface area contributed by atoms with Crippen molar-refractivity contribution in [1.82, 2.24) is 10.2 Å². The van der Waals surface area contributed by atoms with E-state index in [4.69, 9.17) is 0 Å². The normalized spacial score (nSPS) is 25.0. The average Bonchev–Trinajstić information content (AvgIpc) is 3.01.